The molecule has 2 aliphatic rings. The average Bonchev–Trinajstić information content (AvgIpc) is 3.11. The first kappa shape index (κ1) is 13.4. The molecule has 0 aliphatic carbocycles. The zero-order valence-electron chi connectivity index (χ0n) is 12.1. The van der Waals surface area contributed by atoms with Gasteiger partial charge in [0.15, 0.2) is 0 Å². The van der Waals surface area contributed by atoms with Crippen molar-refractivity contribution in [2.75, 3.05) is 29.9 Å². The van der Waals surface area contributed by atoms with Gasteiger partial charge in [0.05, 0.1) is 16.9 Å². The highest BCUT2D eigenvalue weighted by Crippen LogP contribution is 2.30. The summed E-state index contributed by atoms with van der Waals surface area (Å²) in [5.74, 6) is 0.0849. The highest BCUT2D eigenvalue weighted by Gasteiger charge is 2.36. The van der Waals surface area contributed by atoms with Crippen LogP contribution in [0.5, 0.6) is 0 Å². The van der Waals surface area contributed by atoms with Crippen LogP contribution in [0.4, 0.5) is 11.4 Å². The summed E-state index contributed by atoms with van der Waals surface area (Å²) < 4.78 is 0. The number of nitrogens with zero attached hydrogens (tertiary/aromatic N) is 1. The zero-order chi connectivity index (χ0) is 14.0. The smallest absolute Gasteiger partial charge is 0.244 e. The molecule has 1 atom stereocenters. The minimum atomic E-state index is -0.419. The first-order valence-electron chi connectivity index (χ1n) is 7.59. The Morgan fingerprint density at radius 1 is 1.25 bits per heavy atom. The van der Waals surface area contributed by atoms with Crippen LogP contribution in [-0.2, 0) is 4.79 Å². The van der Waals surface area contributed by atoms with Gasteiger partial charge in [-0.1, -0.05) is 12.1 Å². The van der Waals surface area contributed by atoms with Crippen LogP contribution in [0.25, 0.3) is 0 Å². The summed E-state index contributed by atoms with van der Waals surface area (Å²) in [5.41, 5.74) is 1.67. The number of carbonyl (C=O) groups is 1. The number of nitrogens with one attached hydrogen (secondary N) is 2. The predicted octanol–water partition coefficient (Wildman–Crippen LogP) is 2.37. The second kappa shape index (κ2) is 5.44. The van der Waals surface area contributed by atoms with Gasteiger partial charge < -0.3 is 15.5 Å². The first-order valence-corrected chi connectivity index (χ1v) is 7.59. The highest BCUT2D eigenvalue weighted by molar-refractivity contribution is 6.00. The topological polar surface area (TPSA) is 44.4 Å². The van der Waals surface area contributed by atoms with Gasteiger partial charge in [-0.2, -0.15) is 0 Å². The third-order valence-corrected chi connectivity index (χ3v) is 4.47. The summed E-state index contributed by atoms with van der Waals surface area (Å²) in [7, 11) is 0. The maximum atomic E-state index is 12.5. The lowest BCUT2D eigenvalue weighted by atomic mass is 9.99. The monoisotopic (exact) mass is 273 g/mol. The Morgan fingerprint density at radius 3 is 2.70 bits per heavy atom. The molecule has 0 saturated carbocycles. The van der Waals surface area contributed by atoms with E-state index in [4.69, 9.17) is 0 Å². The summed E-state index contributed by atoms with van der Waals surface area (Å²) in [4.78, 5) is 14.9. The van der Waals surface area contributed by atoms with Crippen molar-refractivity contribution in [1.82, 2.24) is 5.32 Å². The van der Waals surface area contributed by atoms with Gasteiger partial charge in [-0.3, -0.25) is 4.79 Å². The van der Waals surface area contributed by atoms with Crippen molar-refractivity contribution in [3.05, 3.63) is 24.3 Å². The maximum absolute atomic E-state index is 12.5. The minimum Gasteiger partial charge on any atom is -0.370 e. The van der Waals surface area contributed by atoms with E-state index in [1.807, 2.05) is 25.1 Å². The standard InChI is InChI=1S/C16H23N3O/c1-16(9-6-10-17-16)15(20)18-13-7-2-3-8-14(13)19-11-4-5-12-19/h2-3,7-8,17H,4-6,9-12H2,1H3,(H,18,20). The van der Waals surface area contributed by atoms with Crippen LogP contribution >= 0.6 is 0 Å². The molecule has 3 rings (SSSR count). The van der Waals surface area contributed by atoms with E-state index in [1.54, 1.807) is 0 Å². The van der Waals surface area contributed by atoms with E-state index in [0.29, 0.717) is 0 Å². The number of hydrogen-bond donors (Lipinski definition) is 2. The molecule has 2 heterocycles. The SMILES string of the molecule is CC1(C(=O)Nc2ccccc2N2CCCC2)CCCN1. The number of anilines is 2. The molecule has 2 saturated heterocycles. The van der Waals surface area contributed by atoms with Gasteiger partial charge >= 0.3 is 0 Å². The van der Waals surface area contributed by atoms with Crippen molar-refractivity contribution in [2.24, 2.45) is 0 Å². The van der Waals surface area contributed by atoms with Crippen LogP contribution in [-0.4, -0.2) is 31.1 Å². The molecule has 1 amide bonds. The van der Waals surface area contributed by atoms with Gasteiger partial charge in [0.25, 0.3) is 0 Å². The van der Waals surface area contributed by atoms with Crippen LogP contribution < -0.4 is 15.5 Å². The molecule has 4 nitrogen and oxygen atoms in total. The van der Waals surface area contributed by atoms with Gasteiger partial charge in [0.2, 0.25) is 5.91 Å². The Labute approximate surface area is 120 Å². The fourth-order valence-electron chi connectivity index (χ4n) is 3.16. The first-order chi connectivity index (χ1) is 9.69. The van der Waals surface area contributed by atoms with Crippen molar-refractivity contribution in [1.29, 1.82) is 0 Å². The molecule has 2 N–H and O–H groups in total. The Morgan fingerprint density at radius 2 is 2.00 bits per heavy atom. The largest absolute Gasteiger partial charge is 0.370 e. The van der Waals surface area contributed by atoms with Gasteiger partial charge in [0, 0.05) is 13.1 Å². The molecule has 0 spiro atoms. The molecule has 0 radical (unpaired) electrons. The normalized spacial score (nSPS) is 25.9. The van der Waals surface area contributed by atoms with Crippen molar-refractivity contribution < 1.29 is 4.79 Å². The summed E-state index contributed by atoms with van der Waals surface area (Å²) in [6.45, 7) is 5.09. The van der Waals surface area contributed by atoms with Crippen molar-refractivity contribution in [2.45, 2.75) is 38.1 Å². The van der Waals surface area contributed by atoms with Gasteiger partial charge in [-0.05, 0) is 51.3 Å². The fourth-order valence-corrected chi connectivity index (χ4v) is 3.16. The Bertz CT molecular complexity index is 488. The van der Waals surface area contributed by atoms with Crippen molar-refractivity contribution in [3.8, 4) is 0 Å². The molecule has 0 aromatic heterocycles. The van der Waals surface area contributed by atoms with Gasteiger partial charge in [-0.25, -0.2) is 0 Å². The summed E-state index contributed by atoms with van der Waals surface area (Å²) in [6.07, 6.45) is 4.45. The second-order valence-electron chi connectivity index (χ2n) is 6.03. The fraction of sp³-hybridized carbons (Fsp3) is 0.562. The van der Waals surface area contributed by atoms with E-state index in [9.17, 15) is 4.79 Å². The number of amides is 1. The number of benzene rings is 1. The molecule has 1 aromatic carbocycles. The third kappa shape index (κ3) is 2.52. The van der Waals surface area contributed by atoms with E-state index in [1.165, 1.54) is 12.8 Å². The molecule has 108 valence electrons. The zero-order valence-corrected chi connectivity index (χ0v) is 12.1. The van der Waals surface area contributed by atoms with Crippen LogP contribution in [0.15, 0.2) is 24.3 Å². The molecule has 20 heavy (non-hydrogen) atoms. The molecule has 1 aromatic rings. The maximum Gasteiger partial charge on any atom is 0.244 e. The number of hydrogen-bond acceptors (Lipinski definition) is 3. The Kier molecular flexibility index (Phi) is 3.66. The van der Waals surface area contributed by atoms with Crippen LogP contribution in [0.3, 0.4) is 0 Å². The van der Waals surface area contributed by atoms with E-state index >= 15 is 0 Å². The van der Waals surface area contributed by atoms with Gasteiger partial charge in [0.1, 0.15) is 0 Å². The number of rotatable bonds is 3. The highest BCUT2D eigenvalue weighted by atomic mass is 16.2. The minimum absolute atomic E-state index is 0.0849. The van der Waals surface area contributed by atoms with Crippen LogP contribution in [0, 0.1) is 0 Å². The number of para-hydroxylation sites is 2. The van der Waals surface area contributed by atoms with E-state index in [2.05, 4.69) is 21.6 Å². The molecule has 0 bridgehead atoms. The molecule has 2 aliphatic heterocycles. The molecular weight excluding hydrogens is 250 g/mol. The number of carbonyl (C=O) groups excluding carboxylic acids is 1. The predicted molar refractivity (Wildman–Crippen MR) is 82.2 cm³/mol. The van der Waals surface area contributed by atoms with Crippen LogP contribution in [0.1, 0.15) is 32.6 Å². The second-order valence-corrected chi connectivity index (χ2v) is 6.03. The van der Waals surface area contributed by atoms with Crippen LogP contribution in [0.2, 0.25) is 0 Å². The molecule has 1 unspecified atom stereocenters. The molecular formula is C16H23N3O. The Balaban J connectivity index is 1.78. The summed E-state index contributed by atoms with van der Waals surface area (Å²) >= 11 is 0. The summed E-state index contributed by atoms with van der Waals surface area (Å²) in [6, 6.07) is 8.13. The van der Waals surface area contributed by atoms with Crippen molar-refractivity contribution in [3.63, 3.8) is 0 Å². The summed E-state index contributed by atoms with van der Waals surface area (Å²) in [5, 5.41) is 6.44. The lowest BCUT2D eigenvalue weighted by Crippen LogP contribution is -2.48. The lowest BCUT2D eigenvalue weighted by molar-refractivity contribution is -0.121. The van der Waals surface area contributed by atoms with Gasteiger partial charge in [-0.15, -0.1) is 0 Å². The van der Waals surface area contributed by atoms with E-state index in [0.717, 1.165) is 43.9 Å². The Hall–Kier alpha value is -1.55. The quantitative estimate of drug-likeness (QED) is 0.888. The van der Waals surface area contributed by atoms with Crippen molar-refractivity contribution >= 4 is 17.3 Å². The van der Waals surface area contributed by atoms with E-state index in [-0.39, 0.29) is 5.91 Å². The van der Waals surface area contributed by atoms with E-state index < -0.39 is 5.54 Å². The average molecular weight is 273 g/mol. The lowest BCUT2D eigenvalue weighted by Gasteiger charge is -2.26. The third-order valence-electron chi connectivity index (χ3n) is 4.47. The molecule has 4 heteroatoms. The molecule has 2 fully saturated rings.